The second-order valence-corrected chi connectivity index (χ2v) is 6.42. The van der Waals surface area contributed by atoms with Crippen molar-refractivity contribution >= 4 is 28.9 Å². The number of carbonyl (C=O) groups is 2. The van der Waals surface area contributed by atoms with Gasteiger partial charge in [0, 0.05) is 6.42 Å². The summed E-state index contributed by atoms with van der Waals surface area (Å²) in [5, 5.41) is 13.7. The zero-order chi connectivity index (χ0) is 14.5. The van der Waals surface area contributed by atoms with Crippen molar-refractivity contribution in [2.24, 2.45) is 5.92 Å². The molecule has 1 saturated carbocycles. The van der Waals surface area contributed by atoms with Crippen LogP contribution in [0.2, 0.25) is 0 Å². The summed E-state index contributed by atoms with van der Waals surface area (Å²) in [4.78, 5) is 23.4. The van der Waals surface area contributed by atoms with Gasteiger partial charge in [-0.15, -0.1) is 11.3 Å². The first kappa shape index (κ1) is 15.0. The van der Waals surface area contributed by atoms with Crippen LogP contribution in [-0.4, -0.2) is 17.0 Å². The molecule has 1 fully saturated rings. The number of rotatable bonds is 4. The fourth-order valence-corrected chi connectivity index (χ4v) is 3.62. The molecule has 5 heteroatoms. The van der Waals surface area contributed by atoms with E-state index in [9.17, 15) is 9.59 Å². The van der Waals surface area contributed by atoms with Gasteiger partial charge in [0.15, 0.2) is 0 Å². The Hall–Kier alpha value is -1.36. The fraction of sp³-hybridized carbons (Fsp3) is 0.600. The van der Waals surface area contributed by atoms with Crippen LogP contribution in [0.15, 0.2) is 5.38 Å². The van der Waals surface area contributed by atoms with E-state index in [4.69, 9.17) is 5.11 Å². The van der Waals surface area contributed by atoms with E-state index < -0.39 is 5.97 Å². The van der Waals surface area contributed by atoms with E-state index in [1.807, 2.05) is 6.92 Å². The first-order valence-corrected chi connectivity index (χ1v) is 8.07. The number of carbonyl (C=O) groups excluding carboxylic acids is 1. The first-order chi connectivity index (χ1) is 9.58. The van der Waals surface area contributed by atoms with Gasteiger partial charge in [0.1, 0.15) is 4.88 Å². The fourth-order valence-electron chi connectivity index (χ4n) is 2.78. The molecule has 1 aliphatic rings. The van der Waals surface area contributed by atoms with Crippen LogP contribution < -0.4 is 5.32 Å². The number of hydrogen-bond donors (Lipinski definition) is 2. The Morgan fingerprint density at radius 1 is 1.30 bits per heavy atom. The Balaban J connectivity index is 1.97. The minimum absolute atomic E-state index is 0.0547. The zero-order valence-corrected chi connectivity index (χ0v) is 12.6. The molecule has 1 aromatic heterocycles. The topological polar surface area (TPSA) is 66.4 Å². The lowest BCUT2D eigenvalue weighted by atomic mass is 9.96. The second kappa shape index (κ2) is 6.88. The van der Waals surface area contributed by atoms with Crippen molar-refractivity contribution in [3.63, 3.8) is 0 Å². The molecule has 0 bridgehead atoms. The number of carboxylic acids is 1. The molecule has 0 spiro atoms. The maximum atomic E-state index is 12.1. The van der Waals surface area contributed by atoms with E-state index in [0.717, 1.165) is 29.7 Å². The summed E-state index contributed by atoms with van der Waals surface area (Å²) < 4.78 is 0. The van der Waals surface area contributed by atoms with Crippen LogP contribution >= 0.6 is 11.3 Å². The van der Waals surface area contributed by atoms with Gasteiger partial charge in [0.25, 0.3) is 0 Å². The summed E-state index contributed by atoms with van der Waals surface area (Å²) >= 11 is 1.16. The molecule has 1 heterocycles. The van der Waals surface area contributed by atoms with E-state index in [-0.39, 0.29) is 10.8 Å². The minimum atomic E-state index is -0.979. The van der Waals surface area contributed by atoms with Crippen molar-refractivity contribution in [2.45, 2.75) is 51.9 Å². The zero-order valence-electron chi connectivity index (χ0n) is 11.8. The summed E-state index contributed by atoms with van der Waals surface area (Å²) in [6.07, 6.45) is 7.68. The van der Waals surface area contributed by atoms with Gasteiger partial charge in [-0.1, -0.05) is 25.7 Å². The van der Waals surface area contributed by atoms with Crippen molar-refractivity contribution in [1.82, 2.24) is 0 Å². The van der Waals surface area contributed by atoms with Crippen LogP contribution in [0.5, 0.6) is 0 Å². The Kier molecular flexibility index (Phi) is 5.17. The smallest absolute Gasteiger partial charge is 0.348 e. The molecule has 0 atom stereocenters. The first-order valence-electron chi connectivity index (χ1n) is 7.19. The minimum Gasteiger partial charge on any atom is -0.477 e. The largest absolute Gasteiger partial charge is 0.477 e. The molecular formula is C15H21NO3S. The number of nitrogens with one attached hydrogen (secondary N) is 1. The highest BCUT2D eigenvalue weighted by Gasteiger charge is 2.20. The van der Waals surface area contributed by atoms with Gasteiger partial charge in [-0.05, 0) is 36.6 Å². The van der Waals surface area contributed by atoms with Crippen molar-refractivity contribution in [1.29, 1.82) is 0 Å². The van der Waals surface area contributed by atoms with Crippen LogP contribution in [0.25, 0.3) is 0 Å². The van der Waals surface area contributed by atoms with Gasteiger partial charge in [-0.2, -0.15) is 0 Å². The maximum Gasteiger partial charge on any atom is 0.348 e. The Labute approximate surface area is 123 Å². The molecule has 0 aromatic carbocycles. The van der Waals surface area contributed by atoms with Crippen LogP contribution in [0.4, 0.5) is 5.69 Å². The van der Waals surface area contributed by atoms with Crippen molar-refractivity contribution in [2.75, 3.05) is 5.32 Å². The molecule has 1 aliphatic carbocycles. The predicted molar refractivity (Wildman–Crippen MR) is 80.5 cm³/mol. The number of thiophene rings is 1. The molecule has 0 saturated heterocycles. The molecule has 0 aliphatic heterocycles. The third-order valence-corrected chi connectivity index (χ3v) is 4.97. The van der Waals surface area contributed by atoms with Crippen LogP contribution in [0, 0.1) is 12.8 Å². The lowest BCUT2D eigenvalue weighted by Crippen LogP contribution is -2.17. The molecule has 2 N–H and O–H groups in total. The average molecular weight is 295 g/mol. The van der Waals surface area contributed by atoms with Gasteiger partial charge < -0.3 is 10.4 Å². The Morgan fingerprint density at radius 3 is 2.55 bits per heavy atom. The highest BCUT2D eigenvalue weighted by atomic mass is 32.1. The van der Waals surface area contributed by atoms with Crippen molar-refractivity contribution in [3.05, 3.63) is 15.8 Å². The van der Waals surface area contributed by atoms with Gasteiger partial charge in [0.05, 0.1) is 5.69 Å². The van der Waals surface area contributed by atoms with Crippen molar-refractivity contribution in [3.8, 4) is 0 Å². The average Bonchev–Trinajstić information content (AvgIpc) is 2.62. The molecule has 4 nitrogen and oxygen atoms in total. The molecular weight excluding hydrogens is 274 g/mol. The summed E-state index contributed by atoms with van der Waals surface area (Å²) in [5.74, 6) is -0.585. The van der Waals surface area contributed by atoms with Gasteiger partial charge >= 0.3 is 5.97 Å². The number of aryl methyl sites for hydroxylation is 1. The lowest BCUT2D eigenvalue weighted by Gasteiger charge is -2.14. The molecule has 1 amide bonds. The molecule has 0 unspecified atom stereocenters. The molecule has 2 rings (SSSR count). The van der Waals surface area contributed by atoms with Gasteiger partial charge in [0.2, 0.25) is 5.91 Å². The molecule has 1 aromatic rings. The van der Waals surface area contributed by atoms with E-state index in [1.54, 1.807) is 5.38 Å². The number of hydrogen-bond acceptors (Lipinski definition) is 3. The van der Waals surface area contributed by atoms with Crippen LogP contribution in [0.1, 0.15) is 60.2 Å². The summed E-state index contributed by atoms with van der Waals surface area (Å²) in [5.41, 5.74) is 1.29. The Bertz CT molecular complexity index is 487. The number of anilines is 1. The second-order valence-electron chi connectivity index (χ2n) is 5.54. The third-order valence-electron chi connectivity index (χ3n) is 3.88. The highest BCUT2D eigenvalue weighted by molar-refractivity contribution is 7.12. The molecule has 20 heavy (non-hydrogen) atoms. The van der Waals surface area contributed by atoms with Gasteiger partial charge in [-0.25, -0.2) is 4.79 Å². The number of carboxylic acid groups (broad SMARTS) is 1. The molecule has 0 radical (unpaired) electrons. The SMILES string of the molecule is Cc1csc(C(=O)O)c1NC(=O)CC1CCCCCC1. The van der Waals surface area contributed by atoms with Crippen LogP contribution in [0.3, 0.4) is 0 Å². The number of amides is 1. The summed E-state index contributed by atoms with van der Waals surface area (Å²) in [6.45, 7) is 1.82. The monoisotopic (exact) mass is 295 g/mol. The lowest BCUT2D eigenvalue weighted by molar-refractivity contribution is -0.117. The van der Waals surface area contributed by atoms with E-state index in [0.29, 0.717) is 18.0 Å². The number of aromatic carboxylic acids is 1. The van der Waals surface area contributed by atoms with Gasteiger partial charge in [-0.3, -0.25) is 4.79 Å². The highest BCUT2D eigenvalue weighted by Crippen LogP contribution is 2.29. The Morgan fingerprint density at radius 2 is 1.95 bits per heavy atom. The van der Waals surface area contributed by atoms with E-state index in [1.165, 1.54) is 25.7 Å². The van der Waals surface area contributed by atoms with Crippen molar-refractivity contribution < 1.29 is 14.7 Å². The quantitative estimate of drug-likeness (QED) is 0.823. The summed E-state index contributed by atoms with van der Waals surface area (Å²) in [7, 11) is 0. The van der Waals surface area contributed by atoms with Crippen LogP contribution in [-0.2, 0) is 4.79 Å². The summed E-state index contributed by atoms with van der Waals surface area (Å²) in [6, 6.07) is 0. The normalized spacial score (nSPS) is 16.6. The van der Waals surface area contributed by atoms with E-state index in [2.05, 4.69) is 5.32 Å². The third kappa shape index (κ3) is 3.82. The predicted octanol–water partition coefficient (Wildman–Crippen LogP) is 4.05. The standard InChI is InChI=1S/C15H21NO3S/c1-10-9-20-14(15(18)19)13(10)16-12(17)8-11-6-4-2-3-5-7-11/h9,11H,2-8H2,1H3,(H,16,17)(H,18,19). The van der Waals surface area contributed by atoms with E-state index >= 15 is 0 Å². The molecule has 110 valence electrons. The maximum absolute atomic E-state index is 12.1.